The van der Waals surface area contributed by atoms with Crippen LogP contribution >= 0.6 is 11.8 Å². The summed E-state index contributed by atoms with van der Waals surface area (Å²) in [6, 6.07) is 11.0. The van der Waals surface area contributed by atoms with Crippen LogP contribution in [0.4, 0.5) is 8.78 Å². The molecule has 2 aromatic carbocycles. The van der Waals surface area contributed by atoms with Crippen molar-refractivity contribution in [1.29, 1.82) is 0 Å². The molecule has 0 aliphatic rings. The van der Waals surface area contributed by atoms with Crippen LogP contribution < -0.4 is 0 Å². The zero-order valence-corrected chi connectivity index (χ0v) is 21.2. The van der Waals surface area contributed by atoms with Gasteiger partial charge < -0.3 is 9.52 Å². The summed E-state index contributed by atoms with van der Waals surface area (Å²) in [6.45, 7) is 1.84. The van der Waals surface area contributed by atoms with Crippen molar-refractivity contribution in [2.45, 2.75) is 49.4 Å². The van der Waals surface area contributed by atoms with Crippen LogP contribution in [-0.4, -0.2) is 45.1 Å². The Hall–Kier alpha value is -3.97. The quantitative estimate of drug-likeness (QED) is 0.249. The molecule has 3 heterocycles. The van der Waals surface area contributed by atoms with Gasteiger partial charge in [-0.15, -0.1) is 15.3 Å². The van der Waals surface area contributed by atoms with Gasteiger partial charge in [-0.1, -0.05) is 48.5 Å². The Morgan fingerprint density at radius 1 is 1.03 bits per heavy atom. The first-order chi connectivity index (χ1) is 18.4. The third-order valence-corrected chi connectivity index (χ3v) is 6.67. The van der Waals surface area contributed by atoms with E-state index >= 15 is 0 Å². The van der Waals surface area contributed by atoms with Crippen molar-refractivity contribution in [1.82, 2.24) is 40.0 Å². The Bertz CT molecular complexity index is 1490. The molecule has 196 valence electrons. The number of hydrogen-bond acceptors (Lipinski definition) is 9. The molecule has 0 fully saturated rings. The number of benzene rings is 2. The average Bonchev–Trinajstić information content (AvgIpc) is 3.66. The molecule has 38 heavy (non-hydrogen) atoms. The lowest BCUT2D eigenvalue weighted by molar-refractivity contribution is -0.00891. The summed E-state index contributed by atoms with van der Waals surface area (Å²) in [7, 11) is 0. The Morgan fingerprint density at radius 2 is 1.84 bits per heavy atom. The number of aliphatic hydroxyl groups is 1. The maximum absolute atomic E-state index is 14.7. The lowest BCUT2D eigenvalue weighted by Gasteiger charge is -2.28. The van der Waals surface area contributed by atoms with Crippen LogP contribution in [0.2, 0.25) is 0 Å². The lowest BCUT2D eigenvalue weighted by Crippen LogP contribution is -2.37. The molecule has 0 saturated carbocycles. The number of aryl methyl sites for hydroxylation is 1. The first-order valence-corrected chi connectivity index (χ1v) is 12.9. The molecule has 0 spiro atoms. The lowest BCUT2D eigenvalue weighted by atomic mass is 9.93. The maximum Gasteiger partial charge on any atom is 0.277 e. The van der Waals surface area contributed by atoms with Gasteiger partial charge in [0.25, 0.3) is 5.22 Å². The standard InChI is InChI=1S/C25H24F2N8O2S/c1-2-3-17-4-6-18(7-5-17)23-31-32-24(37-23)38-12-20-11-34(33-30-20)13-25(36,14-35-16-28-15-29-35)21-9-8-19(26)10-22(21)27/h4-11,15-16,36H,2-3,12-14H2,1H3. The molecule has 13 heteroatoms. The molecule has 0 saturated heterocycles. The number of hydrogen-bond donors (Lipinski definition) is 1. The van der Waals surface area contributed by atoms with Gasteiger partial charge in [-0.25, -0.2) is 23.1 Å². The number of rotatable bonds is 11. The van der Waals surface area contributed by atoms with Crippen molar-refractivity contribution in [3.8, 4) is 11.5 Å². The molecule has 1 unspecified atom stereocenters. The minimum absolute atomic E-state index is 0.0954. The van der Waals surface area contributed by atoms with Crippen LogP contribution in [0, 0.1) is 11.6 Å². The highest BCUT2D eigenvalue weighted by Gasteiger charge is 2.34. The van der Waals surface area contributed by atoms with Gasteiger partial charge >= 0.3 is 0 Å². The summed E-state index contributed by atoms with van der Waals surface area (Å²) >= 11 is 1.29. The van der Waals surface area contributed by atoms with Crippen molar-refractivity contribution >= 4 is 11.8 Å². The summed E-state index contributed by atoms with van der Waals surface area (Å²) in [4.78, 5) is 3.86. The Kier molecular flexibility index (Phi) is 7.56. The minimum atomic E-state index is -1.81. The topological polar surface area (TPSA) is 121 Å². The highest BCUT2D eigenvalue weighted by atomic mass is 32.2. The van der Waals surface area contributed by atoms with Crippen molar-refractivity contribution in [3.63, 3.8) is 0 Å². The Balaban J connectivity index is 1.27. The molecule has 5 aromatic rings. The van der Waals surface area contributed by atoms with Gasteiger partial charge in [0, 0.05) is 29.1 Å². The fraction of sp³-hybridized carbons (Fsp3) is 0.280. The third-order valence-electron chi connectivity index (χ3n) is 5.82. The predicted molar refractivity (Wildman–Crippen MR) is 134 cm³/mol. The summed E-state index contributed by atoms with van der Waals surface area (Å²) in [5.74, 6) is -0.815. The highest BCUT2D eigenvalue weighted by Crippen LogP contribution is 2.29. The number of nitrogens with zero attached hydrogens (tertiary/aromatic N) is 8. The minimum Gasteiger partial charge on any atom is -0.411 e. The second kappa shape index (κ2) is 11.2. The number of aromatic nitrogens is 8. The third kappa shape index (κ3) is 5.94. The van der Waals surface area contributed by atoms with E-state index in [0.717, 1.165) is 30.5 Å². The summed E-state index contributed by atoms with van der Waals surface area (Å²) in [5.41, 5.74) is 0.777. The van der Waals surface area contributed by atoms with Crippen LogP contribution in [0.15, 0.2) is 71.0 Å². The number of thioether (sulfide) groups is 1. The van der Waals surface area contributed by atoms with Gasteiger partial charge in [0.2, 0.25) is 5.89 Å². The van der Waals surface area contributed by atoms with Crippen LogP contribution in [0.1, 0.15) is 30.2 Å². The fourth-order valence-corrected chi connectivity index (χ4v) is 4.68. The van der Waals surface area contributed by atoms with E-state index in [1.165, 1.54) is 45.4 Å². The molecule has 1 atom stereocenters. The van der Waals surface area contributed by atoms with E-state index in [4.69, 9.17) is 4.42 Å². The monoisotopic (exact) mass is 538 g/mol. The van der Waals surface area contributed by atoms with Gasteiger partial charge in [0.05, 0.1) is 18.8 Å². The predicted octanol–water partition coefficient (Wildman–Crippen LogP) is 4.03. The van der Waals surface area contributed by atoms with Crippen molar-refractivity contribution in [3.05, 3.63) is 89.8 Å². The largest absolute Gasteiger partial charge is 0.411 e. The zero-order chi connectivity index (χ0) is 26.5. The van der Waals surface area contributed by atoms with Gasteiger partial charge in [0.1, 0.15) is 29.9 Å². The van der Waals surface area contributed by atoms with Crippen LogP contribution in [0.5, 0.6) is 0 Å². The Labute approximate surface area is 220 Å². The molecule has 3 aromatic heterocycles. The van der Waals surface area contributed by atoms with Gasteiger partial charge in [-0.05, 0) is 30.2 Å². The van der Waals surface area contributed by atoms with E-state index < -0.39 is 17.2 Å². The van der Waals surface area contributed by atoms with Crippen molar-refractivity contribution in [2.75, 3.05) is 0 Å². The fourth-order valence-electron chi connectivity index (χ4n) is 4.04. The summed E-state index contributed by atoms with van der Waals surface area (Å²) in [6.07, 6.45) is 6.42. The van der Waals surface area contributed by atoms with E-state index in [-0.39, 0.29) is 18.7 Å². The van der Waals surface area contributed by atoms with E-state index in [1.807, 2.05) is 12.1 Å². The van der Waals surface area contributed by atoms with Gasteiger partial charge in [-0.2, -0.15) is 5.10 Å². The van der Waals surface area contributed by atoms with Crippen molar-refractivity contribution < 1.29 is 18.3 Å². The van der Waals surface area contributed by atoms with Crippen LogP contribution in [0.3, 0.4) is 0 Å². The first kappa shape index (κ1) is 25.7. The van der Waals surface area contributed by atoms with Crippen LogP contribution in [0.25, 0.3) is 11.5 Å². The Morgan fingerprint density at radius 3 is 2.58 bits per heavy atom. The highest BCUT2D eigenvalue weighted by molar-refractivity contribution is 7.98. The molecule has 0 aliphatic heterocycles. The second-order valence-corrected chi connectivity index (χ2v) is 9.69. The zero-order valence-electron chi connectivity index (χ0n) is 20.4. The molecule has 0 bridgehead atoms. The second-order valence-electron chi connectivity index (χ2n) is 8.76. The maximum atomic E-state index is 14.7. The molecule has 0 aliphatic carbocycles. The first-order valence-electron chi connectivity index (χ1n) is 11.9. The summed E-state index contributed by atoms with van der Waals surface area (Å²) in [5, 5.41) is 32.3. The van der Waals surface area contributed by atoms with E-state index in [1.54, 1.807) is 6.20 Å². The van der Waals surface area contributed by atoms with Crippen LogP contribution in [-0.2, 0) is 30.9 Å². The summed E-state index contributed by atoms with van der Waals surface area (Å²) < 4.78 is 36.7. The molecule has 1 N–H and O–H groups in total. The van der Waals surface area contributed by atoms with Gasteiger partial charge in [-0.3, -0.25) is 0 Å². The number of halogens is 2. The SMILES string of the molecule is CCCc1ccc(-c2nnc(SCc3cn(CC(O)(Cn4cncn4)c4ccc(F)cc4F)nn3)o2)cc1. The van der Waals surface area contributed by atoms with E-state index in [2.05, 4.69) is 49.6 Å². The van der Waals surface area contributed by atoms with Gasteiger partial charge in [0.15, 0.2) is 0 Å². The normalized spacial score (nSPS) is 13.1. The van der Waals surface area contributed by atoms with E-state index in [0.29, 0.717) is 22.6 Å². The van der Waals surface area contributed by atoms with Crippen molar-refractivity contribution in [2.24, 2.45) is 0 Å². The molecule has 0 radical (unpaired) electrons. The molecule has 0 amide bonds. The average molecular weight is 539 g/mol. The molecular weight excluding hydrogens is 514 g/mol. The molecule has 10 nitrogen and oxygen atoms in total. The molecule has 5 rings (SSSR count). The van der Waals surface area contributed by atoms with E-state index in [9.17, 15) is 13.9 Å². The smallest absolute Gasteiger partial charge is 0.277 e. The molecular formula is C25H24F2N8O2S.